The Labute approximate surface area is 115 Å². The molecular formula is C14H24O4Si. The first-order valence-corrected chi connectivity index (χ1v) is 9.37. The zero-order valence-corrected chi connectivity index (χ0v) is 13.6. The summed E-state index contributed by atoms with van der Waals surface area (Å²) < 4.78 is 11.2. The van der Waals surface area contributed by atoms with Gasteiger partial charge in [0.15, 0.2) is 14.1 Å². The predicted octanol–water partition coefficient (Wildman–Crippen LogP) is 3.29. The number of Topliss-reactive ketones (excluding diaryl/α,β-unsaturated/α-hetero) is 1. The van der Waals surface area contributed by atoms with Gasteiger partial charge < -0.3 is 13.9 Å². The molecule has 0 fully saturated rings. The maximum absolute atomic E-state index is 11.8. The highest BCUT2D eigenvalue weighted by Crippen LogP contribution is 2.38. The highest BCUT2D eigenvalue weighted by Gasteiger charge is 2.42. The molecule has 1 N–H and O–H groups in total. The van der Waals surface area contributed by atoms with E-state index >= 15 is 0 Å². The molecule has 0 saturated heterocycles. The molecule has 108 valence electrons. The van der Waals surface area contributed by atoms with Crippen LogP contribution in [0.2, 0.25) is 18.1 Å². The number of hydrogen-bond donors (Lipinski definition) is 1. The van der Waals surface area contributed by atoms with Crippen molar-refractivity contribution < 1.29 is 18.7 Å². The van der Waals surface area contributed by atoms with Gasteiger partial charge >= 0.3 is 0 Å². The first kappa shape index (κ1) is 16.1. The van der Waals surface area contributed by atoms with Crippen molar-refractivity contribution in [1.29, 1.82) is 0 Å². The SMILES string of the molecule is CC(=O)[C@@H](O[Si](C)(C)C(C)(C)C)[C@@H](O)c1ccco1. The van der Waals surface area contributed by atoms with Crippen molar-refractivity contribution in [3.63, 3.8) is 0 Å². The quantitative estimate of drug-likeness (QED) is 0.843. The smallest absolute Gasteiger partial charge is 0.193 e. The van der Waals surface area contributed by atoms with Crippen LogP contribution in [0.15, 0.2) is 22.8 Å². The summed E-state index contributed by atoms with van der Waals surface area (Å²) in [7, 11) is -2.13. The van der Waals surface area contributed by atoms with Crippen LogP contribution in [-0.4, -0.2) is 25.3 Å². The zero-order valence-electron chi connectivity index (χ0n) is 12.6. The fourth-order valence-corrected chi connectivity index (χ4v) is 2.76. The summed E-state index contributed by atoms with van der Waals surface area (Å²) in [6.07, 6.45) is -0.448. The molecular weight excluding hydrogens is 260 g/mol. The number of rotatable bonds is 5. The Morgan fingerprint density at radius 2 is 2.00 bits per heavy atom. The summed E-state index contributed by atoms with van der Waals surface area (Å²) in [4.78, 5) is 11.8. The number of ketones is 1. The van der Waals surface area contributed by atoms with E-state index in [0.717, 1.165) is 0 Å². The van der Waals surface area contributed by atoms with Gasteiger partial charge in [0.05, 0.1) is 6.26 Å². The van der Waals surface area contributed by atoms with Gasteiger partial charge in [-0.1, -0.05) is 20.8 Å². The molecule has 2 atom stereocenters. The van der Waals surface area contributed by atoms with E-state index in [4.69, 9.17) is 8.84 Å². The zero-order chi connectivity index (χ0) is 14.8. The van der Waals surface area contributed by atoms with Gasteiger partial charge in [-0.25, -0.2) is 0 Å². The number of hydrogen-bond acceptors (Lipinski definition) is 4. The van der Waals surface area contributed by atoms with E-state index < -0.39 is 20.5 Å². The lowest BCUT2D eigenvalue weighted by atomic mass is 10.1. The number of carbonyl (C=O) groups is 1. The van der Waals surface area contributed by atoms with Crippen molar-refractivity contribution >= 4 is 14.1 Å². The van der Waals surface area contributed by atoms with Crippen LogP contribution in [0.3, 0.4) is 0 Å². The van der Waals surface area contributed by atoms with Crippen molar-refractivity contribution in [3.8, 4) is 0 Å². The molecule has 0 aliphatic rings. The van der Waals surface area contributed by atoms with E-state index in [2.05, 4.69) is 33.9 Å². The standard InChI is InChI=1S/C14H24O4Si/c1-10(15)13(12(16)11-8-7-9-17-11)18-19(5,6)14(2,3)4/h7-9,12-13,16H,1-6H3/t12-,13+/m0/s1. The maximum Gasteiger partial charge on any atom is 0.193 e. The van der Waals surface area contributed by atoms with E-state index in [1.807, 2.05) is 0 Å². The molecule has 0 unspecified atom stereocenters. The topological polar surface area (TPSA) is 59.7 Å². The van der Waals surface area contributed by atoms with Gasteiger partial charge in [0.1, 0.15) is 18.0 Å². The third kappa shape index (κ3) is 3.78. The normalized spacial score (nSPS) is 16.2. The fourth-order valence-electron chi connectivity index (χ4n) is 1.47. The van der Waals surface area contributed by atoms with Crippen molar-refractivity contribution in [2.24, 2.45) is 0 Å². The maximum atomic E-state index is 11.8. The molecule has 1 heterocycles. The molecule has 0 spiro atoms. The number of aliphatic hydroxyl groups excluding tert-OH is 1. The van der Waals surface area contributed by atoms with E-state index in [1.54, 1.807) is 12.1 Å². The Kier molecular flexibility index (Phi) is 4.76. The third-order valence-corrected chi connectivity index (χ3v) is 8.21. The summed E-state index contributed by atoms with van der Waals surface area (Å²) in [6.45, 7) is 11.8. The van der Waals surface area contributed by atoms with Crippen molar-refractivity contribution in [1.82, 2.24) is 0 Å². The van der Waals surface area contributed by atoms with Gasteiger partial charge in [0, 0.05) is 0 Å². The van der Waals surface area contributed by atoms with Crippen LogP contribution in [-0.2, 0) is 9.22 Å². The molecule has 0 amide bonds. The molecule has 19 heavy (non-hydrogen) atoms. The van der Waals surface area contributed by atoms with Crippen LogP contribution in [0.25, 0.3) is 0 Å². The number of furan rings is 1. The van der Waals surface area contributed by atoms with Gasteiger partial charge in [-0.15, -0.1) is 0 Å². The summed E-state index contributed by atoms with van der Waals surface area (Å²) in [5.74, 6) is 0.174. The van der Waals surface area contributed by atoms with Gasteiger partial charge in [0.2, 0.25) is 0 Å². The van der Waals surface area contributed by atoms with Crippen molar-refractivity contribution in [3.05, 3.63) is 24.2 Å². The third-order valence-electron chi connectivity index (χ3n) is 3.75. The first-order chi connectivity index (χ1) is 8.56. The van der Waals surface area contributed by atoms with Crippen molar-refractivity contribution in [2.75, 3.05) is 0 Å². The largest absolute Gasteiger partial charge is 0.466 e. The second-order valence-corrected chi connectivity index (χ2v) is 11.1. The van der Waals surface area contributed by atoms with Crippen LogP contribution in [0.5, 0.6) is 0 Å². The Bertz CT molecular complexity index is 417. The molecule has 1 aromatic rings. The molecule has 0 aliphatic carbocycles. The lowest BCUT2D eigenvalue weighted by Gasteiger charge is -2.39. The van der Waals surface area contributed by atoms with E-state index in [-0.39, 0.29) is 10.8 Å². The highest BCUT2D eigenvalue weighted by atomic mass is 28.4. The van der Waals surface area contributed by atoms with E-state index in [1.165, 1.54) is 13.2 Å². The van der Waals surface area contributed by atoms with Crippen LogP contribution >= 0.6 is 0 Å². The molecule has 1 rings (SSSR count). The van der Waals surface area contributed by atoms with Crippen LogP contribution in [0, 0.1) is 0 Å². The second kappa shape index (κ2) is 5.61. The van der Waals surface area contributed by atoms with Gasteiger partial charge in [-0.2, -0.15) is 0 Å². The fraction of sp³-hybridized carbons (Fsp3) is 0.643. The molecule has 5 heteroatoms. The average Bonchev–Trinajstić information content (AvgIpc) is 2.76. The van der Waals surface area contributed by atoms with Gasteiger partial charge in [-0.3, -0.25) is 4.79 Å². The molecule has 4 nitrogen and oxygen atoms in total. The molecule has 0 radical (unpaired) electrons. The Hall–Kier alpha value is -0.913. The van der Waals surface area contributed by atoms with Crippen molar-refractivity contribution in [2.45, 2.75) is 58.0 Å². The minimum atomic E-state index is -2.13. The Balaban J connectivity index is 2.94. The highest BCUT2D eigenvalue weighted by molar-refractivity contribution is 6.74. The van der Waals surface area contributed by atoms with Crippen LogP contribution in [0.4, 0.5) is 0 Å². The minimum absolute atomic E-state index is 0.0242. The second-order valence-electron chi connectivity index (χ2n) is 6.37. The Morgan fingerprint density at radius 3 is 2.37 bits per heavy atom. The van der Waals surface area contributed by atoms with E-state index in [0.29, 0.717) is 5.76 Å². The van der Waals surface area contributed by atoms with Crippen LogP contribution < -0.4 is 0 Å². The predicted molar refractivity (Wildman–Crippen MR) is 76.4 cm³/mol. The lowest BCUT2D eigenvalue weighted by molar-refractivity contribution is -0.130. The summed E-state index contributed by atoms with van der Waals surface area (Å²) in [6, 6.07) is 3.33. The number of carbonyl (C=O) groups excluding carboxylic acids is 1. The van der Waals surface area contributed by atoms with Gasteiger partial charge in [-0.05, 0) is 37.2 Å². The molecule has 0 aromatic carbocycles. The number of aliphatic hydroxyl groups is 1. The summed E-state index contributed by atoms with van der Waals surface area (Å²) >= 11 is 0. The van der Waals surface area contributed by atoms with Gasteiger partial charge in [0.25, 0.3) is 0 Å². The monoisotopic (exact) mass is 284 g/mol. The Morgan fingerprint density at radius 1 is 1.42 bits per heavy atom. The molecule has 0 saturated carbocycles. The average molecular weight is 284 g/mol. The lowest BCUT2D eigenvalue weighted by Crippen LogP contribution is -2.47. The summed E-state index contributed by atoms with van der Waals surface area (Å²) in [5.41, 5.74) is 0. The van der Waals surface area contributed by atoms with E-state index in [9.17, 15) is 9.90 Å². The summed E-state index contributed by atoms with van der Waals surface area (Å²) in [5, 5.41) is 10.2. The van der Waals surface area contributed by atoms with Crippen LogP contribution in [0.1, 0.15) is 39.6 Å². The first-order valence-electron chi connectivity index (χ1n) is 6.46. The molecule has 0 bridgehead atoms. The molecule has 1 aromatic heterocycles. The molecule has 0 aliphatic heterocycles. The minimum Gasteiger partial charge on any atom is -0.466 e.